The normalized spacial score (nSPS) is 21.5. The van der Waals surface area contributed by atoms with E-state index in [9.17, 15) is 4.39 Å². The fourth-order valence-electron chi connectivity index (χ4n) is 2.26. The minimum Gasteiger partial charge on any atom is -0.383 e. The van der Waals surface area contributed by atoms with Crippen LogP contribution in [-0.4, -0.2) is 38.3 Å². The molecule has 1 aliphatic heterocycles. The molecular weight excluding hydrogens is 205 g/mol. The molecule has 1 aliphatic rings. The van der Waals surface area contributed by atoms with Crippen LogP contribution in [-0.2, 0) is 4.74 Å². The molecule has 0 saturated carbocycles. The van der Waals surface area contributed by atoms with Crippen LogP contribution in [0.1, 0.15) is 17.9 Å². The maximum atomic E-state index is 12.8. The van der Waals surface area contributed by atoms with Gasteiger partial charge in [-0.15, -0.1) is 0 Å². The summed E-state index contributed by atoms with van der Waals surface area (Å²) in [5, 5.41) is 0. The van der Waals surface area contributed by atoms with Crippen molar-refractivity contribution in [1.29, 1.82) is 0 Å². The van der Waals surface area contributed by atoms with E-state index in [1.54, 1.807) is 19.2 Å². The molecule has 88 valence electrons. The Bertz CT molecular complexity index is 325. The van der Waals surface area contributed by atoms with Gasteiger partial charge in [-0.05, 0) is 36.6 Å². The molecule has 0 aromatic heterocycles. The predicted molar refractivity (Wildman–Crippen MR) is 62.1 cm³/mol. The average Bonchev–Trinajstić information content (AvgIpc) is 2.76. The second kappa shape index (κ2) is 5.41. The van der Waals surface area contributed by atoms with Crippen molar-refractivity contribution in [2.75, 3.05) is 33.4 Å². The van der Waals surface area contributed by atoms with E-state index in [0.29, 0.717) is 5.92 Å². The standard InChI is InChI=1S/C13H18FNO/c1-16-9-8-15-7-6-12(10-15)11-2-4-13(14)5-3-11/h2-5,12H,6-10H2,1H3. The van der Waals surface area contributed by atoms with Crippen LogP contribution < -0.4 is 0 Å². The van der Waals surface area contributed by atoms with Crippen molar-refractivity contribution in [2.24, 2.45) is 0 Å². The second-order valence-electron chi connectivity index (χ2n) is 4.33. The first-order valence-electron chi connectivity index (χ1n) is 5.76. The molecule has 2 nitrogen and oxygen atoms in total. The molecule has 16 heavy (non-hydrogen) atoms. The number of benzene rings is 1. The fourth-order valence-corrected chi connectivity index (χ4v) is 2.26. The van der Waals surface area contributed by atoms with Gasteiger partial charge in [-0.25, -0.2) is 4.39 Å². The summed E-state index contributed by atoms with van der Waals surface area (Å²) in [4.78, 5) is 2.40. The van der Waals surface area contributed by atoms with E-state index < -0.39 is 0 Å². The van der Waals surface area contributed by atoms with Crippen LogP contribution in [0.25, 0.3) is 0 Å². The smallest absolute Gasteiger partial charge is 0.123 e. The Hall–Kier alpha value is -0.930. The number of likely N-dealkylation sites (tertiary alicyclic amines) is 1. The predicted octanol–water partition coefficient (Wildman–Crippen LogP) is 2.26. The van der Waals surface area contributed by atoms with Crippen LogP contribution >= 0.6 is 0 Å². The second-order valence-corrected chi connectivity index (χ2v) is 4.33. The maximum Gasteiger partial charge on any atom is 0.123 e. The zero-order valence-electron chi connectivity index (χ0n) is 9.66. The van der Waals surface area contributed by atoms with E-state index >= 15 is 0 Å². The van der Waals surface area contributed by atoms with Crippen LogP contribution in [0.15, 0.2) is 24.3 Å². The molecule has 1 heterocycles. The van der Waals surface area contributed by atoms with Crippen molar-refractivity contribution in [3.63, 3.8) is 0 Å². The van der Waals surface area contributed by atoms with E-state index in [1.165, 1.54) is 5.56 Å². The highest BCUT2D eigenvalue weighted by Gasteiger charge is 2.23. The van der Waals surface area contributed by atoms with E-state index in [4.69, 9.17) is 4.74 Å². The summed E-state index contributed by atoms with van der Waals surface area (Å²) >= 11 is 0. The molecule has 0 radical (unpaired) electrons. The Labute approximate surface area is 96.0 Å². The molecule has 3 heteroatoms. The van der Waals surface area contributed by atoms with E-state index in [0.717, 1.165) is 32.7 Å². The summed E-state index contributed by atoms with van der Waals surface area (Å²) in [5.74, 6) is 0.399. The van der Waals surface area contributed by atoms with Gasteiger partial charge in [0, 0.05) is 20.2 Å². The molecule has 1 unspecified atom stereocenters. The molecule has 1 atom stereocenters. The van der Waals surface area contributed by atoms with Gasteiger partial charge >= 0.3 is 0 Å². The van der Waals surface area contributed by atoms with Gasteiger partial charge in [0.2, 0.25) is 0 Å². The summed E-state index contributed by atoms with van der Waals surface area (Å²) < 4.78 is 17.9. The van der Waals surface area contributed by atoms with Crippen molar-refractivity contribution in [3.05, 3.63) is 35.6 Å². The van der Waals surface area contributed by atoms with E-state index in [1.807, 2.05) is 12.1 Å². The number of hydrogen-bond acceptors (Lipinski definition) is 2. The quantitative estimate of drug-likeness (QED) is 0.776. The summed E-state index contributed by atoms with van der Waals surface area (Å²) in [7, 11) is 1.73. The van der Waals surface area contributed by atoms with E-state index in [2.05, 4.69) is 4.90 Å². The minimum absolute atomic E-state index is 0.155. The third kappa shape index (κ3) is 2.80. The molecule has 1 aromatic carbocycles. The van der Waals surface area contributed by atoms with Crippen LogP contribution in [0.3, 0.4) is 0 Å². The lowest BCUT2D eigenvalue weighted by atomic mass is 9.99. The Morgan fingerprint density at radius 1 is 1.38 bits per heavy atom. The Morgan fingerprint density at radius 2 is 2.12 bits per heavy atom. The van der Waals surface area contributed by atoms with Crippen molar-refractivity contribution >= 4 is 0 Å². The first-order valence-corrected chi connectivity index (χ1v) is 5.76. The molecule has 1 fully saturated rings. The summed E-state index contributed by atoms with van der Waals surface area (Å²) in [5.41, 5.74) is 1.25. The zero-order chi connectivity index (χ0) is 11.4. The van der Waals surface area contributed by atoms with Gasteiger partial charge in [-0.2, -0.15) is 0 Å². The van der Waals surface area contributed by atoms with Gasteiger partial charge in [0.05, 0.1) is 6.61 Å². The first-order chi connectivity index (χ1) is 7.79. The summed E-state index contributed by atoms with van der Waals surface area (Å²) in [6.45, 7) is 3.96. The van der Waals surface area contributed by atoms with Crippen molar-refractivity contribution in [3.8, 4) is 0 Å². The van der Waals surface area contributed by atoms with E-state index in [-0.39, 0.29) is 5.82 Å². The largest absolute Gasteiger partial charge is 0.383 e. The van der Waals surface area contributed by atoms with Crippen molar-refractivity contribution in [1.82, 2.24) is 4.90 Å². The lowest BCUT2D eigenvalue weighted by Gasteiger charge is -2.15. The molecule has 0 N–H and O–H groups in total. The molecule has 1 aromatic rings. The monoisotopic (exact) mass is 223 g/mol. The van der Waals surface area contributed by atoms with Gasteiger partial charge < -0.3 is 9.64 Å². The van der Waals surface area contributed by atoms with Crippen LogP contribution in [0.5, 0.6) is 0 Å². The SMILES string of the molecule is COCCN1CCC(c2ccc(F)cc2)C1. The van der Waals surface area contributed by atoms with Gasteiger partial charge in [0.1, 0.15) is 5.82 Å². The average molecular weight is 223 g/mol. The lowest BCUT2D eigenvalue weighted by molar-refractivity contribution is 0.160. The lowest BCUT2D eigenvalue weighted by Crippen LogP contribution is -2.24. The summed E-state index contributed by atoms with van der Waals surface area (Å²) in [6.07, 6.45) is 1.16. The highest BCUT2D eigenvalue weighted by molar-refractivity contribution is 5.21. The highest BCUT2D eigenvalue weighted by atomic mass is 19.1. The topological polar surface area (TPSA) is 12.5 Å². The van der Waals surface area contributed by atoms with Crippen LogP contribution in [0.4, 0.5) is 4.39 Å². The maximum absolute atomic E-state index is 12.8. The number of hydrogen-bond donors (Lipinski definition) is 0. The molecule has 0 aliphatic carbocycles. The molecule has 2 rings (SSSR count). The van der Waals surface area contributed by atoms with Gasteiger partial charge in [-0.1, -0.05) is 12.1 Å². The third-order valence-corrected chi connectivity index (χ3v) is 3.23. The van der Waals surface area contributed by atoms with Gasteiger partial charge in [0.25, 0.3) is 0 Å². The Kier molecular flexibility index (Phi) is 3.91. The highest BCUT2D eigenvalue weighted by Crippen LogP contribution is 2.26. The Balaban J connectivity index is 1.90. The molecule has 0 amide bonds. The fraction of sp³-hybridized carbons (Fsp3) is 0.538. The Morgan fingerprint density at radius 3 is 2.81 bits per heavy atom. The number of rotatable bonds is 4. The van der Waals surface area contributed by atoms with Gasteiger partial charge in [0.15, 0.2) is 0 Å². The van der Waals surface area contributed by atoms with Crippen molar-refractivity contribution in [2.45, 2.75) is 12.3 Å². The first kappa shape index (κ1) is 11.6. The number of nitrogens with zero attached hydrogens (tertiary/aromatic N) is 1. The number of halogens is 1. The van der Waals surface area contributed by atoms with Crippen molar-refractivity contribution < 1.29 is 9.13 Å². The van der Waals surface area contributed by atoms with Crippen LogP contribution in [0, 0.1) is 5.82 Å². The molecule has 0 bridgehead atoms. The summed E-state index contributed by atoms with van der Waals surface area (Å²) in [6, 6.07) is 6.90. The molecular formula is C13H18FNO. The molecule has 1 saturated heterocycles. The zero-order valence-corrected chi connectivity index (χ0v) is 9.66. The third-order valence-electron chi connectivity index (χ3n) is 3.23. The number of methoxy groups -OCH3 is 1. The number of ether oxygens (including phenoxy) is 1. The van der Waals surface area contributed by atoms with Crippen LogP contribution in [0.2, 0.25) is 0 Å². The van der Waals surface area contributed by atoms with Gasteiger partial charge in [-0.3, -0.25) is 0 Å². The minimum atomic E-state index is -0.155. The molecule has 0 spiro atoms.